The van der Waals surface area contributed by atoms with Crippen molar-refractivity contribution in [2.45, 2.75) is 164 Å². The molecule has 11 nitrogen and oxygen atoms in total. The highest BCUT2D eigenvalue weighted by molar-refractivity contribution is 7.80. The number of aliphatic hydroxyl groups is 2. The van der Waals surface area contributed by atoms with Gasteiger partial charge >= 0.3 is 6.09 Å². The Hall–Kier alpha value is -2.05. The van der Waals surface area contributed by atoms with Crippen LogP contribution in [-0.2, 0) is 19.1 Å². The molecule has 6 atom stereocenters. The Labute approximate surface area is 285 Å². The van der Waals surface area contributed by atoms with Gasteiger partial charge in [0, 0.05) is 5.92 Å². The van der Waals surface area contributed by atoms with Crippen LogP contribution in [0.25, 0.3) is 0 Å². The summed E-state index contributed by atoms with van der Waals surface area (Å²) in [5.41, 5.74) is -0.722. The Bertz CT molecular complexity index is 835. The Balaban J connectivity index is -0.00000284. The zero-order valence-corrected chi connectivity index (χ0v) is 32.1. The van der Waals surface area contributed by atoms with Gasteiger partial charge in [0.15, 0.2) is 0 Å². The smallest absolute Gasteiger partial charge is 0.408 e. The average molecular weight is 679 g/mol. The number of carbonyl (C=O) groups is 4. The summed E-state index contributed by atoms with van der Waals surface area (Å²) in [4.78, 5) is 50.4. The molecule has 6 N–H and O–H groups in total. The lowest BCUT2D eigenvalue weighted by Crippen LogP contribution is -2.53. The summed E-state index contributed by atoms with van der Waals surface area (Å²) in [6, 6.07) is -1.88. The highest BCUT2D eigenvalue weighted by Crippen LogP contribution is 2.17. The average Bonchev–Trinajstić information content (AvgIpc) is 2.97. The van der Waals surface area contributed by atoms with E-state index in [0.29, 0.717) is 19.3 Å². The number of amides is 4. The second kappa shape index (κ2) is 27.0. The Morgan fingerprint density at radius 2 is 1.33 bits per heavy atom. The van der Waals surface area contributed by atoms with Gasteiger partial charge in [-0.2, -0.15) is 12.6 Å². The van der Waals surface area contributed by atoms with Gasteiger partial charge in [0.1, 0.15) is 11.6 Å². The zero-order valence-electron chi connectivity index (χ0n) is 31.2. The Morgan fingerprint density at radius 1 is 0.783 bits per heavy atom. The van der Waals surface area contributed by atoms with Crippen LogP contribution in [0.1, 0.15) is 129 Å². The van der Waals surface area contributed by atoms with Gasteiger partial charge in [0.25, 0.3) is 0 Å². The molecule has 0 heterocycles. The van der Waals surface area contributed by atoms with Crippen LogP contribution in [0.4, 0.5) is 4.79 Å². The lowest BCUT2D eigenvalue weighted by molar-refractivity contribution is -0.129. The molecule has 0 saturated heterocycles. The van der Waals surface area contributed by atoms with Crippen LogP contribution in [0.5, 0.6) is 0 Å². The number of nitrogens with one attached hydrogen (secondary N) is 4. The first-order valence-electron chi connectivity index (χ1n) is 17.2. The van der Waals surface area contributed by atoms with Crippen molar-refractivity contribution in [1.29, 1.82) is 0 Å². The second-order valence-corrected chi connectivity index (χ2v) is 13.6. The molecule has 0 rings (SSSR count). The van der Waals surface area contributed by atoms with Gasteiger partial charge < -0.3 is 36.2 Å². The Kier molecular flexibility index (Phi) is 28.3. The molecular formula is C34H70N4O7S. The summed E-state index contributed by atoms with van der Waals surface area (Å²) in [6.45, 7) is 23.9. The van der Waals surface area contributed by atoms with Crippen LogP contribution in [0.3, 0.4) is 0 Å². The van der Waals surface area contributed by atoms with E-state index in [2.05, 4.69) is 40.8 Å². The molecule has 0 saturated carbocycles. The molecule has 0 aromatic heterocycles. The van der Waals surface area contributed by atoms with Crippen LogP contribution in [0.2, 0.25) is 0 Å². The lowest BCUT2D eigenvalue weighted by atomic mass is 9.92. The molecule has 12 heteroatoms. The molecule has 46 heavy (non-hydrogen) atoms. The van der Waals surface area contributed by atoms with Crippen molar-refractivity contribution in [2.75, 3.05) is 12.3 Å². The van der Waals surface area contributed by atoms with E-state index in [4.69, 9.17) is 4.74 Å². The monoisotopic (exact) mass is 678 g/mol. The molecule has 0 aromatic rings. The van der Waals surface area contributed by atoms with Crippen LogP contribution in [0.15, 0.2) is 0 Å². The summed E-state index contributed by atoms with van der Waals surface area (Å²) in [5.74, 6) is -0.925. The largest absolute Gasteiger partial charge is 0.444 e. The molecule has 0 aliphatic heterocycles. The van der Waals surface area contributed by atoms with Crippen molar-refractivity contribution < 1.29 is 34.1 Å². The predicted molar refractivity (Wildman–Crippen MR) is 191 cm³/mol. The molecule has 0 aliphatic rings. The van der Waals surface area contributed by atoms with Crippen LogP contribution < -0.4 is 21.3 Å². The SMILES string of the molecule is CC.CCCS.CCC[C@H](NC(=O)[C@H](C)C[C@H](O)[C@H](CC(C)C)NC(=O)CNC(=O)[C@@H](NC(=O)OC(C)(C)C)C(C)C)[C@@H](O)CC. The van der Waals surface area contributed by atoms with Crippen LogP contribution >= 0.6 is 12.6 Å². The van der Waals surface area contributed by atoms with E-state index in [-0.39, 0.29) is 36.8 Å². The molecule has 4 amide bonds. The van der Waals surface area contributed by atoms with E-state index in [0.717, 1.165) is 12.2 Å². The van der Waals surface area contributed by atoms with E-state index in [1.807, 2.05) is 41.5 Å². The minimum absolute atomic E-state index is 0.117. The number of hydrogen-bond donors (Lipinski definition) is 7. The molecule has 0 aromatic carbocycles. The maximum Gasteiger partial charge on any atom is 0.408 e. The summed E-state index contributed by atoms with van der Waals surface area (Å²) in [6.07, 6.45) is 1.39. The molecule has 0 unspecified atom stereocenters. The van der Waals surface area contributed by atoms with Gasteiger partial charge in [-0.15, -0.1) is 0 Å². The number of rotatable bonds is 18. The number of ether oxygens (including phenoxy) is 1. The highest BCUT2D eigenvalue weighted by Gasteiger charge is 2.30. The van der Waals surface area contributed by atoms with Crippen molar-refractivity contribution in [3.8, 4) is 0 Å². The van der Waals surface area contributed by atoms with Gasteiger partial charge in [-0.25, -0.2) is 4.79 Å². The van der Waals surface area contributed by atoms with E-state index >= 15 is 0 Å². The van der Waals surface area contributed by atoms with E-state index in [9.17, 15) is 29.4 Å². The minimum Gasteiger partial charge on any atom is -0.444 e. The number of hydrogen-bond acceptors (Lipinski definition) is 8. The topological polar surface area (TPSA) is 166 Å². The van der Waals surface area contributed by atoms with E-state index in [1.54, 1.807) is 41.5 Å². The maximum atomic E-state index is 12.8. The van der Waals surface area contributed by atoms with Crippen molar-refractivity contribution in [1.82, 2.24) is 21.3 Å². The summed E-state index contributed by atoms with van der Waals surface area (Å²) in [5, 5.41) is 32.0. The predicted octanol–water partition coefficient (Wildman–Crippen LogP) is 4.98. The van der Waals surface area contributed by atoms with Crippen LogP contribution in [-0.4, -0.2) is 82.3 Å². The molecule has 274 valence electrons. The quantitative estimate of drug-likeness (QED) is 0.100. The fraction of sp³-hybridized carbons (Fsp3) is 0.882. The van der Waals surface area contributed by atoms with Crippen molar-refractivity contribution >= 4 is 36.4 Å². The highest BCUT2D eigenvalue weighted by atomic mass is 32.1. The number of carbonyl (C=O) groups excluding carboxylic acids is 4. The third kappa shape index (κ3) is 24.2. The van der Waals surface area contributed by atoms with Crippen molar-refractivity contribution in [3.05, 3.63) is 0 Å². The second-order valence-electron chi connectivity index (χ2n) is 13.2. The number of thiol groups is 1. The Morgan fingerprint density at radius 3 is 1.74 bits per heavy atom. The normalized spacial score (nSPS) is 15.0. The zero-order chi connectivity index (χ0) is 36.6. The first kappa shape index (κ1) is 48.3. The van der Waals surface area contributed by atoms with Crippen LogP contribution in [0, 0.1) is 17.8 Å². The minimum atomic E-state index is -0.999. The summed E-state index contributed by atoms with van der Waals surface area (Å²) >= 11 is 3.92. The van der Waals surface area contributed by atoms with Gasteiger partial charge in [-0.05, 0) is 70.5 Å². The third-order valence-corrected chi connectivity index (χ3v) is 7.10. The molecular weight excluding hydrogens is 608 g/mol. The molecule has 0 radical (unpaired) electrons. The van der Waals surface area contributed by atoms with Gasteiger partial charge in [0.2, 0.25) is 17.7 Å². The van der Waals surface area contributed by atoms with Crippen molar-refractivity contribution in [3.63, 3.8) is 0 Å². The molecule has 0 fully saturated rings. The third-order valence-electron chi connectivity index (χ3n) is 6.66. The summed E-state index contributed by atoms with van der Waals surface area (Å²) in [7, 11) is 0. The summed E-state index contributed by atoms with van der Waals surface area (Å²) < 4.78 is 5.23. The van der Waals surface area contributed by atoms with Gasteiger partial charge in [0.05, 0.1) is 30.8 Å². The molecule has 0 spiro atoms. The molecule has 0 bridgehead atoms. The maximum absolute atomic E-state index is 12.8. The van der Waals surface area contributed by atoms with Gasteiger partial charge in [-0.3, -0.25) is 14.4 Å². The first-order chi connectivity index (χ1) is 21.3. The number of alkyl carbamates (subject to hydrolysis) is 1. The molecule has 0 aliphatic carbocycles. The van der Waals surface area contributed by atoms with Crippen molar-refractivity contribution in [2.24, 2.45) is 17.8 Å². The van der Waals surface area contributed by atoms with Gasteiger partial charge in [-0.1, -0.05) is 75.7 Å². The van der Waals surface area contributed by atoms with E-state index < -0.39 is 53.7 Å². The first-order valence-corrected chi connectivity index (χ1v) is 17.8. The fourth-order valence-corrected chi connectivity index (χ4v) is 4.24. The standard InChI is InChI=1S/C29H56N4O7.C3H8S.C2H6/c1-11-13-20(22(34)12-2)32-26(37)19(7)15-23(35)21(14-17(3)4)31-24(36)16-30-27(38)25(18(5)6)33-28(39)40-29(8,9)10;1-2-3-4;1-2/h17-23,25,34-35H,11-16H2,1-10H3,(H,30,38)(H,31,36)(H,32,37)(H,33,39);4H,2-3H2,1H3;1-2H3/t19-,20+,21+,22+,23+,25+;;/m1../s1. The fourth-order valence-electron chi connectivity index (χ4n) is 4.24. The lowest BCUT2D eigenvalue weighted by Gasteiger charge is -2.29. The number of aliphatic hydroxyl groups excluding tert-OH is 2. The van der Waals surface area contributed by atoms with E-state index in [1.165, 1.54) is 6.42 Å².